The number of nitrogens with one attached hydrogen (secondary N) is 2. The number of rotatable bonds is 4. The van der Waals surface area contributed by atoms with Crippen LogP contribution in [0.2, 0.25) is 5.02 Å². The number of benzene rings is 3. The molecule has 0 aliphatic heterocycles. The van der Waals surface area contributed by atoms with Crippen molar-refractivity contribution < 1.29 is 14.3 Å². The van der Waals surface area contributed by atoms with Gasteiger partial charge in [0.1, 0.15) is 5.75 Å². The van der Waals surface area contributed by atoms with E-state index >= 15 is 0 Å². The smallest absolute Gasteiger partial charge is 0.279 e. The molecule has 0 bridgehead atoms. The van der Waals surface area contributed by atoms with Crippen molar-refractivity contribution in [1.82, 2.24) is 10.9 Å². The number of amides is 2. The third-order valence-electron chi connectivity index (χ3n) is 3.88. The van der Waals surface area contributed by atoms with E-state index in [2.05, 4.69) is 10.9 Å². The van der Waals surface area contributed by atoms with Gasteiger partial charge in [-0.2, -0.15) is 0 Å². The number of hydrogen-bond donors (Lipinski definition) is 2. The van der Waals surface area contributed by atoms with Gasteiger partial charge in [0, 0.05) is 8.59 Å². The summed E-state index contributed by atoms with van der Waals surface area (Å²) in [5, 5.41) is 2.55. The zero-order chi connectivity index (χ0) is 19.4. The third kappa shape index (κ3) is 4.90. The molecular weight excluding hydrogens is 479 g/mol. The van der Waals surface area contributed by atoms with Crippen molar-refractivity contribution in [3.05, 3.63) is 74.8 Å². The molecule has 0 fully saturated rings. The van der Waals surface area contributed by atoms with Crippen LogP contribution < -0.4 is 15.6 Å². The van der Waals surface area contributed by atoms with Gasteiger partial charge in [-0.25, -0.2) is 0 Å². The van der Waals surface area contributed by atoms with Gasteiger partial charge in [0.15, 0.2) is 6.10 Å². The van der Waals surface area contributed by atoms with Crippen LogP contribution in [0.1, 0.15) is 17.3 Å². The summed E-state index contributed by atoms with van der Waals surface area (Å²) >= 11 is 7.94. The maximum atomic E-state index is 12.2. The number of ether oxygens (including phenoxy) is 1. The van der Waals surface area contributed by atoms with E-state index in [1.807, 2.05) is 59.0 Å². The largest absolute Gasteiger partial charge is 0.481 e. The predicted molar refractivity (Wildman–Crippen MR) is 114 cm³/mol. The molecule has 0 aromatic heterocycles. The van der Waals surface area contributed by atoms with Crippen molar-refractivity contribution in [3.8, 4) is 5.75 Å². The van der Waals surface area contributed by atoms with E-state index in [0.29, 0.717) is 16.3 Å². The van der Waals surface area contributed by atoms with Crippen LogP contribution in [0.3, 0.4) is 0 Å². The van der Waals surface area contributed by atoms with Crippen molar-refractivity contribution in [2.45, 2.75) is 13.0 Å². The second-order valence-electron chi connectivity index (χ2n) is 5.84. The Balaban J connectivity index is 1.60. The normalized spacial score (nSPS) is 11.7. The van der Waals surface area contributed by atoms with Crippen molar-refractivity contribution in [2.75, 3.05) is 0 Å². The Morgan fingerprint density at radius 1 is 1.00 bits per heavy atom. The zero-order valence-corrected chi connectivity index (χ0v) is 17.2. The van der Waals surface area contributed by atoms with Crippen molar-refractivity contribution in [2.24, 2.45) is 0 Å². The van der Waals surface area contributed by atoms with Gasteiger partial charge >= 0.3 is 0 Å². The fraction of sp³-hybridized carbons (Fsp3) is 0.100. The second kappa shape index (κ2) is 8.58. The summed E-state index contributed by atoms with van der Waals surface area (Å²) < 4.78 is 6.41. The fourth-order valence-electron chi connectivity index (χ4n) is 2.46. The molecule has 5 nitrogen and oxygen atoms in total. The van der Waals surface area contributed by atoms with Gasteiger partial charge in [0.25, 0.3) is 11.8 Å². The minimum absolute atomic E-state index is 0.381. The Labute approximate surface area is 175 Å². The minimum atomic E-state index is -0.787. The Kier molecular flexibility index (Phi) is 6.18. The highest BCUT2D eigenvalue weighted by Crippen LogP contribution is 2.21. The van der Waals surface area contributed by atoms with Crippen LogP contribution in [-0.4, -0.2) is 17.9 Å². The molecule has 3 aromatic carbocycles. The maximum Gasteiger partial charge on any atom is 0.279 e. The molecule has 0 radical (unpaired) electrons. The van der Waals surface area contributed by atoms with Crippen molar-refractivity contribution in [1.29, 1.82) is 0 Å². The SMILES string of the molecule is CC(Oc1ccc2ccccc2c1)C(=O)NNC(=O)c1cc(Cl)ccc1I. The Bertz CT molecular complexity index is 1010. The molecule has 2 N–H and O–H groups in total. The summed E-state index contributed by atoms with van der Waals surface area (Å²) in [5.41, 5.74) is 5.14. The quantitative estimate of drug-likeness (QED) is 0.419. The van der Waals surface area contributed by atoms with E-state index in [9.17, 15) is 9.59 Å². The Morgan fingerprint density at radius 2 is 1.74 bits per heavy atom. The monoisotopic (exact) mass is 494 g/mol. The van der Waals surface area contributed by atoms with Crippen molar-refractivity contribution >= 4 is 56.8 Å². The van der Waals surface area contributed by atoms with Crippen LogP contribution in [0.25, 0.3) is 10.8 Å². The number of hydrogen-bond acceptors (Lipinski definition) is 3. The first kappa shape index (κ1) is 19.4. The van der Waals surface area contributed by atoms with Crippen LogP contribution >= 0.6 is 34.2 Å². The number of carbonyl (C=O) groups is 2. The average molecular weight is 495 g/mol. The average Bonchev–Trinajstić information content (AvgIpc) is 2.67. The first-order valence-electron chi connectivity index (χ1n) is 8.15. The number of halogens is 2. The fourth-order valence-corrected chi connectivity index (χ4v) is 3.21. The van der Waals surface area contributed by atoms with Crippen LogP contribution in [0, 0.1) is 3.57 Å². The summed E-state index contributed by atoms with van der Waals surface area (Å²) in [6.45, 7) is 1.61. The molecule has 1 unspecified atom stereocenters. The predicted octanol–water partition coefficient (Wildman–Crippen LogP) is 4.33. The van der Waals surface area contributed by atoms with E-state index in [4.69, 9.17) is 16.3 Å². The molecule has 0 saturated carbocycles. The van der Waals surface area contributed by atoms with Gasteiger partial charge in [-0.1, -0.05) is 41.9 Å². The lowest BCUT2D eigenvalue weighted by molar-refractivity contribution is -0.128. The second-order valence-corrected chi connectivity index (χ2v) is 7.44. The molecule has 3 rings (SSSR count). The molecule has 0 heterocycles. The van der Waals surface area contributed by atoms with Crippen LogP contribution in [0.5, 0.6) is 5.75 Å². The molecule has 0 aliphatic rings. The standard InChI is InChI=1S/C20H16ClIN2O3/c1-12(27-16-8-6-13-4-2-3-5-14(13)10-16)19(25)23-24-20(26)17-11-15(21)7-9-18(17)22/h2-12H,1H3,(H,23,25)(H,24,26). The van der Waals surface area contributed by atoms with Gasteiger partial charge in [0.2, 0.25) is 0 Å². The highest BCUT2D eigenvalue weighted by molar-refractivity contribution is 14.1. The van der Waals surface area contributed by atoms with Crippen molar-refractivity contribution in [3.63, 3.8) is 0 Å². The Morgan fingerprint density at radius 3 is 2.52 bits per heavy atom. The van der Waals surface area contributed by atoms with Gasteiger partial charge in [-0.05, 0) is 70.6 Å². The minimum Gasteiger partial charge on any atom is -0.481 e. The van der Waals surface area contributed by atoms with Gasteiger partial charge < -0.3 is 4.74 Å². The van der Waals surface area contributed by atoms with E-state index in [1.165, 1.54) is 0 Å². The summed E-state index contributed by atoms with van der Waals surface area (Å²) in [6.07, 6.45) is -0.787. The molecule has 1 atom stereocenters. The maximum absolute atomic E-state index is 12.2. The lowest BCUT2D eigenvalue weighted by Crippen LogP contribution is -2.47. The molecule has 27 heavy (non-hydrogen) atoms. The first-order chi connectivity index (χ1) is 12.9. The lowest BCUT2D eigenvalue weighted by Gasteiger charge is -2.16. The van der Waals surface area contributed by atoms with Gasteiger partial charge in [-0.15, -0.1) is 0 Å². The topological polar surface area (TPSA) is 67.4 Å². The van der Waals surface area contributed by atoms with Gasteiger partial charge in [0.05, 0.1) is 5.56 Å². The highest BCUT2D eigenvalue weighted by Gasteiger charge is 2.17. The molecule has 3 aromatic rings. The summed E-state index contributed by atoms with van der Waals surface area (Å²) in [6, 6.07) is 18.4. The van der Waals surface area contributed by atoms with E-state index in [-0.39, 0.29) is 0 Å². The summed E-state index contributed by atoms with van der Waals surface area (Å²) in [7, 11) is 0. The summed E-state index contributed by atoms with van der Waals surface area (Å²) in [4.78, 5) is 24.4. The molecule has 0 aliphatic carbocycles. The molecule has 0 spiro atoms. The van der Waals surface area contributed by atoms with Crippen LogP contribution in [0.4, 0.5) is 0 Å². The molecule has 138 valence electrons. The van der Waals surface area contributed by atoms with E-state index < -0.39 is 17.9 Å². The third-order valence-corrected chi connectivity index (χ3v) is 5.05. The van der Waals surface area contributed by atoms with Crippen LogP contribution in [0.15, 0.2) is 60.7 Å². The molecule has 0 saturated heterocycles. The lowest BCUT2D eigenvalue weighted by atomic mass is 10.1. The van der Waals surface area contributed by atoms with E-state index in [1.54, 1.807) is 31.2 Å². The summed E-state index contributed by atoms with van der Waals surface area (Å²) in [5.74, 6) is -0.339. The number of fused-ring (bicyclic) bond motifs is 1. The Hall–Kier alpha value is -2.32. The van der Waals surface area contributed by atoms with Gasteiger partial charge in [-0.3, -0.25) is 20.4 Å². The zero-order valence-electron chi connectivity index (χ0n) is 14.3. The number of hydrazine groups is 1. The molecule has 2 amide bonds. The number of carbonyl (C=O) groups excluding carboxylic acids is 2. The first-order valence-corrected chi connectivity index (χ1v) is 9.60. The van der Waals surface area contributed by atoms with Crippen LogP contribution in [-0.2, 0) is 4.79 Å². The van der Waals surface area contributed by atoms with E-state index in [0.717, 1.165) is 14.3 Å². The molecule has 7 heteroatoms. The molecular formula is C20H16ClIN2O3. The highest BCUT2D eigenvalue weighted by atomic mass is 127.